The molecule has 2 aliphatic rings. The molecule has 0 aliphatic carbocycles. The molecule has 3 heterocycles. The number of H-pyrrole nitrogens is 1. The van der Waals surface area contributed by atoms with E-state index in [9.17, 15) is 4.79 Å². The van der Waals surface area contributed by atoms with Crippen molar-refractivity contribution in [2.24, 2.45) is 5.92 Å². The molecular weight excluding hydrogens is 414 g/mol. The van der Waals surface area contributed by atoms with E-state index < -0.39 is 0 Å². The van der Waals surface area contributed by atoms with Crippen LogP contribution in [0.2, 0.25) is 0 Å². The van der Waals surface area contributed by atoms with Gasteiger partial charge in [0.2, 0.25) is 0 Å². The first-order chi connectivity index (χ1) is 16.2. The van der Waals surface area contributed by atoms with E-state index in [0.29, 0.717) is 24.0 Å². The Morgan fingerprint density at radius 1 is 1.12 bits per heavy atom. The van der Waals surface area contributed by atoms with Crippen LogP contribution >= 0.6 is 0 Å². The number of carbonyl (C=O) groups is 1. The Morgan fingerprint density at radius 2 is 1.94 bits per heavy atom. The van der Waals surface area contributed by atoms with Gasteiger partial charge >= 0.3 is 0 Å². The first kappa shape index (κ1) is 21.8. The third-order valence-corrected chi connectivity index (χ3v) is 7.17. The molecular formula is C27H33N3O3. The van der Waals surface area contributed by atoms with E-state index in [1.54, 1.807) is 14.2 Å². The molecule has 174 valence electrons. The summed E-state index contributed by atoms with van der Waals surface area (Å²) in [4.78, 5) is 21.0. The summed E-state index contributed by atoms with van der Waals surface area (Å²) in [6.07, 6.45) is 6.79. The second-order valence-electron chi connectivity index (χ2n) is 9.32. The number of carbonyl (C=O) groups excluding carboxylic acids is 1. The lowest BCUT2D eigenvalue weighted by molar-refractivity contribution is 0.0701. The van der Waals surface area contributed by atoms with E-state index in [1.807, 2.05) is 17.0 Å². The van der Waals surface area contributed by atoms with Crippen LogP contribution in [0, 0.1) is 5.92 Å². The number of nitrogens with zero attached hydrogens (tertiary/aromatic N) is 2. The van der Waals surface area contributed by atoms with E-state index in [1.165, 1.54) is 29.3 Å². The van der Waals surface area contributed by atoms with Crippen LogP contribution in [0.4, 0.5) is 0 Å². The molecule has 1 fully saturated rings. The molecule has 2 aromatic carbocycles. The maximum absolute atomic E-state index is 13.0. The summed E-state index contributed by atoms with van der Waals surface area (Å²) in [5.41, 5.74) is 4.41. The topological polar surface area (TPSA) is 57.8 Å². The number of amides is 1. The van der Waals surface area contributed by atoms with Gasteiger partial charge in [0.1, 0.15) is 0 Å². The molecule has 1 aromatic heterocycles. The second kappa shape index (κ2) is 9.48. The molecule has 1 atom stereocenters. The molecule has 0 radical (unpaired) electrons. The van der Waals surface area contributed by atoms with E-state index in [4.69, 9.17) is 9.47 Å². The normalized spacial score (nSPS) is 18.7. The Morgan fingerprint density at radius 3 is 2.79 bits per heavy atom. The minimum absolute atomic E-state index is 0.113. The lowest BCUT2D eigenvalue weighted by Crippen LogP contribution is -2.41. The van der Waals surface area contributed by atoms with Crippen molar-refractivity contribution in [1.82, 2.24) is 14.8 Å². The Balaban J connectivity index is 1.15. The molecule has 6 heteroatoms. The molecule has 2 aliphatic heterocycles. The van der Waals surface area contributed by atoms with Gasteiger partial charge in [-0.1, -0.05) is 18.2 Å². The summed E-state index contributed by atoms with van der Waals surface area (Å²) in [5, 5.41) is 1.34. The van der Waals surface area contributed by atoms with Gasteiger partial charge in [0.05, 0.1) is 14.2 Å². The lowest BCUT2D eigenvalue weighted by Gasteiger charge is -2.34. The van der Waals surface area contributed by atoms with Gasteiger partial charge in [0.15, 0.2) is 11.5 Å². The number of hydrogen-bond acceptors (Lipinski definition) is 4. The summed E-state index contributed by atoms with van der Waals surface area (Å²) in [5.74, 6) is 1.94. The molecule has 5 rings (SSSR count). The Labute approximate surface area is 195 Å². The molecule has 0 spiro atoms. The second-order valence-corrected chi connectivity index (χ2v) is 9.32. The Bertz CT molecular complexity index is 1140. The van der Waals surface area contributed by atoms with Gasteiger partial charge in [-0.25, -0.2) is 0 Å². The molecule has 1 saturated heterocycles. The van der Waals surface area contributed by atoms with Crippen LogP contribution in [0.25, 0.3) is 10.9 Å². The number of rotatable bonds is 8. The zero-order valence-corrected chi connectivity index (χ0v) is 19.6. The van der Waals surface area contributed by atoms with Crippen LogP contribution in [0.15, 0.2) is 42.6 Å². The number of para-hydroxylation sites is 1. The quantitative estimate of drug-likeness (QED) is 0.553. The smallest absolute Gasteiger partial charge is 0.254 e. The molecule has 6 nitrogen and oxygen atoms in total. The summed E-state index contributed by atoms with van der Waals surface area (Å²) in [6, 6.07) is 12.3. The average Bonchev–Trinajstić information content (AvgIpc) is 3.39. The summed E-state index contributed by atoms with van der Waals surface area (Å²) >= 11 is 0. The first-order valence-corrected chi connectivity index (χ1v) is 12.0. The fourth-order valence-electron chi connectivity index (χ4n) is 5.49. The van der Waals surface area contributed by atoms with Crippen molar-refractivity contribution in [3.05, 3.63) is 59.3 Å². The van der Waals surface area contributed by atoms with Gasteiger partial charge in [-0.15, -0.1) is 0 Å². The summed E-state index contributed by atoms with van der Waals surface area (Å²) < 4.78 is 10.8. The minimum atomic E-state index is 0.113. The van der Waals surface area contributed by atoms with Gasteiger partial charge in [0.25, 0.3) is 5.91 Å². The maximum Gasteiger partial charge on any atom is 0.254 e. The highest BCUT2D eigenvalue weighted by molar-refractivity contribution is 5.99. The Kier molecular flexibility index (Phi) is 6.27. The minimum Gasteiger partial charge on any atom is -0.493 e. The van der Waals surface area contributed by atoms with Crippen LogP contribution in [0.3, 0.4) is 0 Å². The highest BCUT2D eigenvalue weighted by atomic mass is 16.5. The van der Waals surface area contributed by atoms with Crippen LogP contribution in [-0.4, -0.2) is 61.1 Å². The van der Waals surface area contributed by atoms with E-state index in [0.717, 1.165) is 50.1 Å². The molecule has 1 amide bonds. The fraction of sp³-hybridized carbons (Fsp3) is 0.444. The molecule has 33 heavy (non-hydrogen) atoms. The predicted octanol–water partition coefficient (Wildman–Crippen LogP) is 4.49. The highest BCUT2D eigenvalue weighted by Crippen LogP contribution is 2.35. The first-order valence-electron chi connectivity index (χ1n) is 12.0. The van der Waals surface area contributed by atoms with Gasteiger partial charge in [-0.2, -0.15) is 0 Å². The van der Waals surface area contributed by atoms with Gasteiger partial charge in [-0.05, 0) is 74.0 Å². The van der Waals surface area contributed by atoms with E-state index >= 15 is 0 Å². The number of aromatic nitrogens is 1. The lowest BCUT2D eigenvalue weighted by atomic mass is 9.97. The van der Waals surface area contributed by atoms with Crippen LogP contribution < -0.4 is 9.47 Å². The number of aromatic amines is 1. The zero-order valence-electron chi connectivity index (χ0n) is 19.6. The van der Waals surface area contributed by atoms with Gasteiger partial charge in [-0.3, -0.25) is 4.79 Å². The van der Waals surface area contributed by atoms with Crippen molar-refractivity contribution in [2.75, 3.05) is 40.4 Å². The van der Waals surface area contributed by atoms with Gasteiger partial charge < -0.3 is 24.3 Å². The molecule has 0 saturated carbocycles. The number of aryl methyl sites for hydroxylation is 1. The monoisotopic (exact) mass is 447 g/mol. The van der Waals surface area contributed by atoms with Crippen molar-refractivity contribution in [2.45, 2.75) is 32.2 Å². The van der Waals surface area contributed by atoms with Crippen molar-refractivity contribution >= 4 is 16.8 Å². The van der Waals surface area contributed by atoms with Crippen molar-refractivity contribution in [3.8, 4) is 11.5 Å². The van der Waals surface area contributed by atoms with Crippen LogP contribution in [0.5, 0.6) is 11.5 Å². The van der Waals surface area contributed by atoms with Crippen molar-refractivity contribution < 1.29 is 14.3 Å². The number of piperidine rings is 1. The fourth-order valence-corrected chi connectivity index (χ4v) is 5.49. The molecule has 3 aromatic rings. The number of methoxy groups -OCH3 is 2. The van der Waals surface area contributed by atoms with Crippen molar-refractivity contribution in [3.63, 3.8) is 0 Å². The third kappa shape index (κ3) is 4.44. The third-order valence-electron chi connectivity index (χ3n) is 7.17. The molecule has 1 unspecified atom stereocenters. The maximum atomic E-state index is 13.0. The van der Waals surface area contributed by atoms with Crippen LogP contribution in [-0.2, 0) is 13.0 Å². The van der Waals surface area contributed by atoms with E-state index in [-0.39, 0.29) is 5.91 Å². The number of likely N-dealkylation sites (tertiary alicyclic amines) is 1. The summed E-state index contributed by atoms with van der Waals surface area (Å²) in [7, 11) is 3.24. The number of ether oxygens (including phenoxy) is 2. The Hall–Kier alpha value is -2.99. The molecule has 0 bridgehead atoms. The number of benzene rings is 2. The SMILES string of the molecule is COc1cc2c(cc1OC)C(=O)N(CC1CCCN(CCCc3c[nH]c4ccccc34)C1)C2. The zero-order chi connectivity index (χ0) is 22.8. The average molecular weight is 448 g/mol. The highest BCUT2D eigenvalue weighted by Gasteiger charge is 2.32. The van der Waals surface area contributed by atoms with Gasteiger partial charge in [0, 0.05) is 42.3 Å². The number of hydrogen-bond donors (Lipinski definition) is 1. The molecule has 1 N–H and O–H groups in total. The summed E-state index contributed by atoms with van der Waals surface area (Å²) in [6.45, 7) is 4.81. The standard InChI is InChI=1S/C27H33N3O3/c1-32-25-13-21-18-30(27(31)23(21)14-26(25)33-2)17-19-7-5-11-29(16-19)12-6-8-20-15-28-24-10-4-3-9-22(20)24/h3-4,9-10,13-15,19,28H,5-8,11-12,16-18H2,1-2H3. The number of fused-ring (bicyclic) bond motifs is 2. The van der Waals surface area contributed by atoms with E-state index in [2.05, 4.69) is 40.3 Å². The predicted molar refractivity (Wildman–Crippen MR) is 130 cm³/mol. The number of nitrogens with one attached hydrogen (secondary N) is 1. The van der Waals surface area contributed by atoms with Crippen molar-refractivity contribution in [1.29, 1.82) is 0 Å². The van der Waals surface area contributed by atoms with Crippen LogP contribution in [0.1, 0.15) is 40.7 Å². The largest absolute Gasteiger partial charge is 0.493 e.